The number of esters is 1. The van der Waals surface area contributed by atoms with Crippen LogP contribution < -0.4 is 0 Å². The molecular weight excluding hydrogens is 621 g/mol. The first kappa shape index (κ1) is 50.2. The highest BCUT2D eigenvalue weighted by Gasteiger charge is 2.03. The van der Waals surface area contributed by atoms with Crippen LogP contribution >= 0.6 is 0 Å². The van der Waals surface area contributed by atoms with E-state index in [0.717, 1.165) is 18.8 Å². The molecule has 0 heterocycles. The molecule has 2 heteroatoms. The van der Waals surface area contributed by atoms with Crippen molar-refractivity contribution in [1.82, 2.24) is 0 Å². The topological polar surface area (TPSA) is 26.3 Å². The molecule has 2 nitrogen and oxygen atoms in total. The second kappa shape index (κ2) is 45.4. The van der Waals surface area contributed by atoms with Crippen LogP contribution in [0.2, 0.25) is 0 Å². The average molecular weight is 717 g/mol. The van der Waals surface area contributed by atoms with Crippen molar-refractivity contribution in [2.75, 3.05) is 6.61 Å². The van der Waals surface area contributed by atoms with Gasteiger partial charge in [0.25, 0.3) is 0 Å². The summed E-state index contributed by atoms with van der Waals surface area (Å²) in [4.78, 5) is 12.0. The summed E-state index contributed by atoms with van der Waals surface area (Å²) in [5.41, 5.74) is 0. The summed E-state index contributed by atoms with van der Waals surface area (Å²) in [6.45, 7) is 7.61. The zero-order valence-corrected chi connectivity index (χ0v) is 35.7. The summed E-state index contributed by atoms with van der Waals surface area (Å²) in [6, 6.07) is 0. The molecule has 0 fully saturated rings. The molecule has 0 aromatic rings. The number of rotatable bonds is 44. The van der Waals surface area contributed by atoms with Gasteiger partial charge >= 0.3 is 5.97 Å². The number of carbonyl (C=O) groups excluding carboxylic acids is 1. The Bertz CT molecular complexity index is 667. The van der Waals surface area contributed by atoms with Crippen molar-refractivity contribution >= 4 is 5.97 Å². The van der Waals surface area contributed by atoms with Gasteiger partial charge in [-0.15, -0.1) is 0 Å². The van der Waals surface area contributed by atoms with Crippen LogP contribution in [0, 0.1) is 5.92 Å². The molecule has 0 aromatic heterocycles. The van der Waals surface area contributed by atoms with Crippen molar-refractivity contribution in [3.63, 3.8) is 0 Å². The third-order valence-electron chi connectivity index (χ3n) is 11.1. The van der Waals surface area contributed by atoms with E-state index in [-0.39, 0.29) is 5.97 Å². The number of hydrogen-bond acceptors (Lipinski definition) is 2. The van der Waals surface area contributed by atoms with Crippen molar-refractivity contribution in [2.45, 2.75) is 284 Å². The Morgan fingerprint density at radius 1 is 0.392 bits per heavy atom. The van der Waals surface area contributed by atoms with Gasteiger partial charge in [-0.05, 0) is 44.4 Å². The van der Waals surface area contributed by atoms with E-state index in [4.69, 9.17) is 4.74 Å². The number of allylic oxidation sites excluding steroid dienone is 2. The second-order valence-electron chi connectivity index (χ2n) is 16.9. The quantitative estimate of drug-likeness (QED) is 0.0356. The summed E-state index contributed by atoms with van der Waals surface area (Å²) in [7, 11) is 0. The smallest absolute Gasteiger partial charge is 0.305 e. The van der Waals surface area contributed by atoms with Crippen molar-refractivity contribution in [3.8, 4) is 0 Å². The highest BCUT2D eigenvalue weighted by molar-refractivity contribution is 5.69. The van der Waals surface area contributed by atoms with Gasteiger partial charge in [-0.3, -0.25) is 4.79 Å². The molecule has 0 bridgehead atoms. The summed E-state index contributed by atoms with van der Waals surface area (Å²) < 4.78 is 5.48. The first-order chi connectivity index (χ1) is 25.2. The van der Waals surface area contributed by atoms with Gasteiger partial charge in [0.1, 0.15) is 0 Å². The number of hydrogen-bond donors (Lipinski definition) is 0. The third kappa shape index (κ3) is 47.2. The van der Waals surface area contributed by atoms with E-state index >= 15 is 0 Å². The van der Waals surface area contributed by atoms with Crippen LogP contribution in [0.5, 0.6) is 0 Å². The fourth-order valence-electron chi connectivity index (χ4n) is 7.50. The first-order valence-corrected chi connectivity index (χ1v) is 24.0. The molecule has 0 aromatic carbocycles. The minimum absolute atomic E-state index is 0.0251. The lowest BCUT2D eigenvalue weighted by molar-refractivity contribution is -0.143. The predicted molar refractivity (Wildman–Crippen MR) is 230 cm³/mol. The molecule has 0 aliphatic rings. The lowest BCUT2D eigenvalue weighted by Crippen LogP contribution is -2.05. The van der Waals surface area contributed by atoms with E-state index in [1.807, 2.05) is 0 Å². The van der Waals surface area contributed by atoms with E-state index < -0.39 is 0 Å². The number of unbranched alkanes of at least 4 members (excludes halogenated alkanes) is 36. The molecule has 0 saturated carbocycles. The Kier molecular flexibility index (Phi) is 44.7. The molecule has 0 radical (unpaired) electrons. The molecule has 0 aliphatic heterocycles. The van der Waals surface area contributed by atoms with Gasteiger partial charge in [-0.2, -0.15) is 0 Å². The second-order valence-corrected chi connectivity index (χ2v) is 16.9. The molecule has 51 heavy (non-hydrogen) atoms. The maximum absolute atomic E-state index is 12.0. The molecule has 0 saturated heterocycles. The number of carbonyl (C=O) groups is 1. The number of ether oxygens (including phenoxy) is 1. The van der Waals surface area contributed by atoms with Crippen molar-refractivity contribution in [2.24, 2.45) is 5.92 Å². The van der Waals surface area contributed by atoms with Gasteiger partial charge in [0, 0.05) is 6.42 Å². The predicted octanol–water partition coefficient (Wildman–Crippen LogP) is 17.8. The van der Waals surface area contributed by atoms with Crippen LogP contribution in [0.15, 0.2) is 12.2 Å². The van der Waals surface area contributed by atoms with Crippen LogP contribution in [0.25, 0.3) is 0 Å². The standard InChI is InChI=1S/C49H96O2/c1-4-5-6-7-8-9-10-11-12-21-25-28-31-34-37-40-43-46-49(50)51-47-44-41-38-35-32-29-26-23-20-18-16-14-13-15-17-19-22-24-27-30-33-36-39-42-45-48(2)3/h11-12,48H,4-10,13-47H2,1-3H3. The monoisotopic (exact) mass is 717 g/mol. The van der Waals surface area contributed by atoms with E-state index in [0.29, 0.717) is 13.0 Å². The molecule has 304 valence electrons. The molecule has 0 aliphatic carbocycles. The maximum Gasteiger partial charge on any atom is 0.305 e. The highest BCUT2D eigenvalue weighted by atomic mass is 16.5. The van der Waals surface area contributed by atoms with Crippen LogP contribution in [-0.4, -0.2) is 12.6 Å². The summed E-state index contributed by atoms with van der Waals surface area (Å²) >= 11 is 0. The minimum Gasteiger partial charge on any atom is -0.466 e. The summed E-state index contributed by atoms with van der Waals surface area (Å²) in [5, 5.41) is 0. The molecule has 0 unspecified atom stereocenters. The third-order valence-corrected chi connectivity index (χ3v) is 11.1. The lowest BCUT2D eigenvalue weighted by Gasteiger charge is -2.06. The lowest BCUT2D eigenvalue weighted by atomic mass is 10.0. The fourth-order valence-corrected chi connectivity index (χ4v) is 7.50. The van der Waals surface area contributed by atoms with E-state index in [1.54, 1.807) is 0 Å². The Hall–Kier alpha value is -0.790. The van der Waals surface area contributed by atoms with Crippen LogP contribution in [-0.2, 0) is 9.53 Å². The van der Waals surface area contributed by atoms with Gasteiger partial charge in [-0.25, -0.2) is 0 Å². The molecule has 0 N–H and O–H groups in total. The van der Waals surface area contributed by atoms with Crippen LogP contribution in [0.4, 0.5) is 0 Å². The fraction of sp³-hybridized carbons (Fsp3) is 0.939. The Morgan fingerprint density at radius 2 is 0.686 bits per heavy atom. The van der Waals surface area contributed by atoms with Gasteiger partial charge in [0.15, 0.2) is 0 Å². The molecule has 0 rings (SSSR count). The van der Waals surface area contributed by atoms with E-state index in [2.05, 4.69) is 32.9 Å². The van der Waals surface area contributed by atoms with Crippen LogP contribution in [0.3, 0.4) is 0 Å². The molecule has 0 spiro atoms. The van der Waals surface area contributed by atoms with E-state index in [9.17, 15) is 4.79 Å². The Balaban J connectivity index is 3.16. The highest BCUT2D eigenvalue weighted by Crippen LogP contribution is 2.17. The Morgan fingerprint density at radius 3 is 1.04 bits per heavy atom. The normalized spacial score (nSPS) is 11.8. The summed E-state index contributed by atoms with van der Waals surface area (Å²) in [5.74, 6) is 0.911. The van der Waals surface area contributed by atoms with Gasteiger partial charge < -0.3 is 4.74 Å². The molecule has 0 atom stereocenters. The first-order valence-electron chi connectivity index (χ1n) is 24.0. The van der Waals surface area contributed by atoms with Crippen molar-refractivity contribution in [3.05, 3.63) is 12.2 Å². The Labute approximate surface area is 323 Å². The van der Waals surface area contributed by atoms with Crippen molar-refractivity contribution in [1.29, 1.82) is 0 Å². The molecular formula is C49H96O2. The van der Waals surface area contributed by atoms with Gasteiger partial charge in [-0.1, -0.05) is 251 Å². The van der Waals surface area contributed by atoms with Gasteiger partial charge in [0.05, 0.1) is 6.61 Å². The largest absolute Gasteiger partial charge is 0.466 e. The van der Waals surface area contributed by atoms with Crippen LogP contribution in [0.1, 0.15) is 284 Å². The average Bonchev–Trinajstić information content (AvgIpc) is 3.12. The summed E-state index contributed by atoms with van der Waals surface area (Å²) in [6.07, 6.45) is 60.5. The minimum atomic E-state index is 0.0251. The SMILES string of the molecule is CCCCCCCCC=CCCCCCCCCCC(=O)OCCCCCCCCCCCCCCCCCCCCCCCCCCC(C)C. The van der Waals surface area contributed by atoms with Gasteiger partial charge in [0.2, 0.25) is 0 Å². The zero-order chi connectivity index (χ0) is 37.0. The zero-order valence-electron chi connectivity index (χ0n) is 35.7. The maximum atomic E-state index is 12.0. The van der Waals surface area contributed by atoms with Crippen molar-refractivity contribution < 1.29 is 9.53 Å². The molecule has 0 amide bonds. The van der Waals surface area contributed by atoms with E-state index in [1.165, 1.54) is 244 Å².